The van der Waals surface area contributed by atoms with Gasteiger partial charge < -0.3 is 19.5 Å². The number of hydrogen-bond acceptors (Lipinski definition) is 4. The first kappa shape index (κ1) is 15.2. The molecule has 1 N–H and O–H groups in total. The van der Waals surface area contributed by atoms with E-state index in [2.05, 4.69) is 5.32 Å². The van der Waals surface area contributed by atoms with Crippen LogP contribution in [0.4, 0.5) is 5.69 Å². The van der Waals surface area contributed by atoms with Gasteiger partial charge in [0.15, 0.2) is 18.1 Å². The summed E-state index contributed by atoms with van der Waals surface area (Å²) in [5.74, 6) is 1.86. The second-order valence-corrected chi connectivity index (χ2v) is 5.63. The zero-order valence-electron chi connectivity index (χ0n) is 13.4. The molecule has 0 bridgehead atoms. The van der Waals surface area contributed by atoms with Crippen LogP contribution in [-0.2, 0) is 4.79 Å². The summed E-state index contributed by atoms with van der Waals surface area (Å²) < 4.78 is 16.2. The number of rotatable bonds is 4. The summed E-state index contributed by atoms with van der Waals surface area (Å²) in [6.45, 7) is 6.16. The van der Waals surface area contributed by atoms with E-state index >= 15 is 0 Å². The molecule has 0 saturated heterocycles. The minimum absolute atomic E-state index is 0.0425. The van der Waals surface area contributed by atoms with Crippen molar-refractivity contribution in [3.8, 4) is 17.2 Å². The number of ether oxygens (including phenoxy) is 3. The SMILES string of the molecule is Cc1cc(C)c(OCC(=O)Nc2ccc3c(c2)OCO3)c(C)c1. The van der Waals surface area contributed by atoms with Gasteiger partial charge in [0.2, 0.25) is 6.79 Å². The summed E-state index contributed by atoms with van der Waals surface area (Å²) in [6, 6.07) is 9.36. The number of benzene rings is 2. The minimum atomic E-state index is -0.219. The van der Waals surface area contributed by atoms with Gasteiger partial charge in [-0.25, -0.2) is 0 Å². The Labute approximate surface area is 135 Å². The van der Waals surface area contributed by atoms with Gasteiger partial charge >= 0.3 is 0 Å². The second-order valence-electron chi connectivity index (χ2n) is 5.63. The molecular formula is C18H19NO4. The molecule has 0 unspecified atom stereocenters. The maximum Gasteiger partial charge on any atom is 0.262 e. The molecule has 0 saturated carbocycles. The predicted molar refractivity (Wildman–Crippen MR) is 87.3 cm³/mol. The molecule has 1 aliphatic rings. The first-order valence-corrected chi connectivity index (χ1v) is 7.43. The third-order valence-corrected chi connectivity index (χ3v) is 3.61. The molecule has 5 nitrogen and oxygen atoms in total. The Balaban J connectivity index is 1.62. The molecule has 23 heavy (non-hydrogen) atoms. The van der Waals surface area contributed by atoms with Crippen LogP contribution in [0.25, 0.3) is 0 Å². The molecule has 0 aliphatic carbocycles. The van der Waals surface area contributed by atoms with Gasteiger partial charge in [0, 0.05) is 11.8 Å². The summed E-state index contributed by atoms with van der Waals surface area (Å²) >= 11 is 0. The lowest BCUT2D eigenvalue weighted by Gasteiger charge is -2.13. The Morgan fingerprint density at radius 1 is 1.09 bits per heavy atom. The lowest BCUT2D eigenvalue weighted by Crippen LogP contribution is -2.20. The Morgan fingerprint density at radius 3 is 2.52 bits per heavy atom. The lowest BCUT2D eigenvalue weighted by molar-refractivity contribution is -0.118. The van der Waals surface area contributed by atoms with Gasteiger partial charge in [0.05, 0.1) is 0 Å². The largest absolute Gasteiger partial charge is 0.483 e. The molecule has 2 aromatic carbocycles. The monoisotopic (exact) mass is 313 g/mol. The predicted octanol–water partition coefficient (Wildman–Crippen LogP) is 3.36. The fourth-order valence-corrected chi connectivity index (χ4v) is 2.70. The van der Waals surface area contributed by atoms with Gasteiger partial charge in [0.1, 0.15) is 5.75 Å². The zero-order valence-corrected chi connectivity index (χ0v) is 13.4. The number of fused-ring (bicyclic) bond motifs is 1. The standard InChI is InChI=1S/C18H19NO4/c1-11-6-12(2)18(13(3)7-11)21-9-17(20)19-14-4-5-15-16(8-14)23-10-22-15/h4-8H,9-10H2,1-3H3,(H,19,20). The highest BCUT2D eigenvalue weighted by Gasteiger charge is 2.14. The normalized spacial score (nSPS) is 12.1. The van der Waals surface area contributed by atoms with E-state index < -0.39 is 0 Å². The van der Waals surface area contributed by atoms with Crippen molar-refractivity contribution in [2.24, 2.45) is 0 Å². The number of nitrogens with one attached hydrogen (secondary N) is 1. The van der Waals surface area contributed by atoms with E-state index in [4.69, 9.17) is 14.2 Å². The number of anilines is 1. The van der Waals surface area contributed by atoms with E-state index in [-0.39, 0.29) is 19.3 Å². The van der Waals surface area contributed by atoms with Crippen molar-refractivity contribution < 1.29 is 19.0 Å². The summed E-state index contributed by atoms with van der Waals surface area (Å²) in [5.41, 5.74) is 3.88. The van der Waals surface area contributed by atoms with Gasteiger partial charge in [0.25, 0.3) is 5.91 Å². The quantitative estimate of drug-likeness (QED) is 0.940. The van der Waals surface area contributed by atoms with E-state index in [0.717, 1.165) is 16.9 Å². The Bertz CT molecular complexity index is 732. The number of aryl methyl sites for hydroxylation is 3. The van der Waals surface area contributed by atoms with E-state index in [1.165, 1.54) is 5.56 Å². The van der Waals surface area contributed by atoms with Crippen LogP contribution in [0.15, 0.2) is 30.3 Å². The van der Waals surface area contributed by atoms with Crippen molar-refractivity contribution in [3.05, 3.63) is 47.0 Å². The molecular weight excluding hydrogens is 294 g/mol. The first-order valence-electron chi connectivity index (χ1n) is 7.43. The second kappa shape index (κ2) is 6.20. The van der Waals surface area contributed by atoms with E-state index in [0.29, 0.717) is 17.2 Å². The molecule has 2 aromatic rings. The Morgan fingerprint density at radius 2 is 1.78 bits per heavy atom. The molecule has 0 fully saturated rings. The van der Waals surface area contributed by atoms with Gasteiger partial charge in [-0.1, -0.05) is 17.7 Å². The topological polar surface area (TPSA) is 56.8 Å². The van der Waals surface area contributed by atoms with Crippen LogP contribution in [0.5, 0.6) is 17.2 Å². The molecule has 0 spiro atoms. The maximum atomic E-state index is 12.1. The molecule has 5 heteroatoms. The Hall–Kier alpha value is -2.69. The van der Waals surface area contributed by atoms with Crippen molar-refractivity contribution in [1.29, 1.82) is 0 Å². The highest BCUT2D eigenvalue weighted by atomic mass is 16.7. The fourth-order valence-electron chi connectivity index (χ4n) is 2.70. The third-order valence-electron chi connectivity index (χ3n) is 3.61. The van der Waals surface area contributed by atoms with Gasteiger partial charge in [-0.05, 0) is 44.0 Å². The average Bonchev–Trinajstić information content (AvgIpc) is 2.93. The molecule has 1 aliphatic heterocycles. The molecule has 0 aromatic heterocycles. The van der Waals surface area contributed by atoms with E-state index in [1.54, 1.807) is 18.2 Å². The maximum absolute atomic E-state index is 12.1. The van der Waals surface area contributed by atoms with Crippen LogP contribution >= 0.6 is 0 Å². The van der Waals surface area contributed by atoms with Crippen molar-refractivity contribution in [2.45, 2.75) is 20.8 Å². The van der Waals surface area contributed by atoms with Crippen LogP contribution < -0.4 is 19.5 Å². The van der Waals surface area contributed by atoms with Gasteiger partial charge in [-0.3, -0.25) is 4.79 Å². The average molecular weight is 313 g/mol. The highest BCUT2D eigenvalue weighted by molar-refractivity contribution is 5.92. The molecule has 1 amide bonds. The molecule has 0 radical (unpaired) electrons. The van der Waals surface area contributed by atoms with Crippen LogP contribution in [0, 0.1) is 20.8 Å². The lowest BCUT2D eigenvalue weighted by atomic mass is 10.1. The van der Waals surface area contributed by atoms with Crippen molar-refractivity contribution in [3.63, 3.8) is 0 Å². The van der Waals surface area contributed by atoms with E-state index in [1.807, 2.05) is 32.9 Å². The van der Waals surface area contributed by atoms with Crippen LogP contribution in [0.2, 0.25) is 0 Å². The smallest absolute Gasteiger partial charge is 0.262 e. The van der Waals surface area contributed by atoms with Crippen molar-refractivity contribution in [1.82, 2.24) is 0 Å². The van der Waals surface area contributed by atoms with Gasteiger partial charge in [-0.2, -0.15) is 0 Å². The van der Waals surface area contributed by atoms with Gasteiger partial charge in [-0.15, -0.1) is 0 Å². The fraction of sp³-hybridized carbons (Fsp3) is 0.278. The highest BCUT2D eigenvalue weighted by Crippen LogP contribution is 2.34. The van der Waals surface area contributed by atoms with Crippen molar-refractivity contribution >= 4 is 11.6 Å². The molecule has 0 atom stereocenters. The first-order chi connectivity index (χ1) is 11.0. The number of carbonyl (C=O) groups is 1. The third kappa shape index (κ3) is 3.39. The molecule has 1 heterocycles. The minimum Gasteiger partial charge on any atom is -0.483 e. The summed E-state index contributed by atoms with van der Waals surface area (Å²) in [4.78, 5) is 12.1. The Kier molecular flexibility index (Phi) is 4.10. The molecule has 3 rings (SSSR count). The molecule has 120 valence electrons. The number of hydrogen-bond donors (Lipinski definition) is 1. The van der Waals surface area contributed by atoms with Crippen LogP contribution in [0.3, 0.4) is 0 Å². The van der Waals surface area contributed by atoms with Crippen molar-refractivity contribution in [2.75, 3.05) is 18.7 Å². The zero-order chi connectivity index (χ0) is 16.4. The summed E-state index contributed by atoms with van der Waals surface area (Å²) in [5, 5.41) is 2.79. The van der Waals surface area contributed by atoms with Crippen LogP contribution in [-0.4, -0.2) is 19.3 Å². The van der Waals surface area contributed by atoms with Crippen LogP contribution in [0.1, 0.15) is 16.7 Å². The number of carbonyl (C=O) groups excluding carboxylic acids is 1. The number of amides is 1. The summed E-state index contributed by atoms with van der Waals surface area (Å²) in [6.07, 6.45) is 0. The van der Waals surface area contributed by atoms with E-state index in [9.17, 15) is 4.79 Å². The summed E-state index contributed by atoms with van der Waals surface area (Å²) in [7, 11) is 0.